The molecule has 3 atom stereocenters. The molecule has 0 radical (unpaired) electrons. The number of nitriles is 1. The van der Waals surface area contributed by atoms with Gasteiger partial charge in [0.2, 0.25) is 11.8 Å². The maximum atomic E-state index is 13.7. The first-order chi connectivity index (χ1) is 15.8. The van der Waals surface area contributed by atoms with Crippen LogP contribution in [0.1, 0.15) is 49.0 Å². The number of halogens is 2. The molecule has 1 aromatic carbocycles. The van der Waals surface area contributed by atoms with Crippen molar-refractivity contribution in [2.24, 2.45) is 11.8 Å². The van der Waals surface area contributed by atoms with Crippen molar-refractivity contribution in [1.82, 2.24) is 20.9 Å². The molecule has 3 amide bonds. The Hall–Kier alpha value is -2.93. The van der Waals surface area contributed by atoms with Crippen LogP contribution in [-0.2, 0) is 9.59 Å². The number of piperidine rings is 1. The van der Waals surface area contributed by atoms with Gasteiger partial charge in [-0.25, -0.2) is 4.39 Å². The van der Waals surface area contributed by atoms with Crippen molar-refractivity contribution in [2.45, 2.75) is 50.6 Å². The molecule has 1 aliphatic heterocycles. The molecule has 2 aromatic rings. The molecule has 8 nitrogen and oxygen atoms in total. The van der Waals surface area contributed by atoms with Gasteiger partial charge in [0.25, 0.3) is 5.91 Å². The second kappa shape index (κ2) is 9.91. The molecule has 33 heavy (non-hydrogen) atoms. The Balaban J connectivity index is 1.44. The van der Waals surface area contributed by atoms with E-state index in [-0.39, 0.29) is 23.9 Å². The lowest BCUT2D eigenvalue weighted by molar-refractivity contribution is -0.128. The van der Waals surface area contributed by atoms with E-state index < -0.39 is 29.7 Å². The van der Waals surface area contributed by atoms with E-state index in [9.17, 15) is 24.0 Å². The van der Waals surface area contributed by atoms with E-state index in [2.05, 4.69) is 42.9 Å². The van der Waals surface area contributed by atoms with Crippen LogP contribution in [0.4, 0.5) is 4.39 Å². The largest absolute Gasteiger partial charge is 0.356 e. The fourth-order valence-corrected chi connectivity index (χ4v) is 4.75. The lowest BCUT2D eigenvalue weighted by atomic mass is 9.92. The molecule has 1 saturated heterocycles. The standard InChI is InChI=1S/C23H25BrFN5O3/c24-17-10-15(25)7-14-9-19(29-20(14)17)23(33)30-18(6-12-3-4-12)22(32)28-16(11-26)8-13-2-1-5-27-21(13)31/h7,9-10,12-13,16,18,29H,1-6,8H2,(H,27,31)(H,28,32)(H,30,33)/t13?,16-,18?/m0/s1. The monoisotopic (exact) mass is 517 g/mol. The molecular weight excluding hydrogens is 493 g/mol. The highest BCUT2D eigenvalue weighted by Crippen LogP contribution is 2.34. The summed E-state index contributed by atoms with van der Waals surface area (Å²) < 4.78 is 14.2. The van der Waals surface area contributed by atoms with Gasteiger partial charge in [0.15, 0.2) is 0 Å². The third-order valence-corrected chi connectivity index (χ3v) is 6.79. The van der Waals surface area contributed by atoms with Crippen LogP contribution in [0.2, 0.25) is 0 Å². The summed E-state index contributed by atoms with van der Waals surface area (Å²) in [7, 11) is 0. The van der Waals surface area contributed by atoms with Gasteiger partial charge in [-0.3, -0.25) is 14.4 Å². The second-order valence-electron chi connectivity index (χ2n) is 8.80. The molecule has 2 unspecified atom stereocenters. The van der Waals surface area contributed by atoms with Gasteiger partial charge >= 0.3 is 0 Å². The maximum absolute atomic E-state index is 13.7. The predicted octanol–water partition coefficient (Wildman–Crippen LogP) is 2.89. The van der Waals surface area contributed by atoms with Crippen LogP contribution in [0, 0.1) is 29.0 Å². The smallest absolute Gasteiger partial charge is 0.268 e. The number of rotatable bonds is 8. The first kappa shape index (κ1) is 23.2. The number of aromatic nitrogens is 1. The van der Waals surface area contributed by atoms with E-state index in [1.54, 1.807) is 0 Å². The molecule has 1 aromatic heterocycles. The molecular formula is C23H25BrFN5O3. The van der Waals surface area contributed by atoms with Crippen molar-refractivity contribution < 1.29 is 18.8 Å². The summed E-state index contributed by atoms with van der Waals surface area (Å²) >= 11 is 3.28. The second-order valence-corrected chi connectivity index (χ2v) is 9.65. The number of aromatic amines is 1. The number of benzene rings is 1. The van der Waals surface area contributed by atoms with Gasteiger partial charge in [0, 0.05) is 22.3 Å². The Morgan fingerprint density at radius 2 is 2.00 bits per heavy atom. The molecule has 2 fully saturated rings. The number of carbonyl (C=O) groups excluding carboxylic acids is 3. The predicted molar refractivity (Wildman–Crippen MR) is 122 cm³/mol. The van der Waals surface area contributed by atoms with Gasteiger partial charge in [-0.2, -0.15) is 5.26 Å². The average molecular weight is 518 g/mol. The van der Waals surface area contributed by atoms with Crippen LogP contribution in [0.25, 0.3) is 10.9 Å². The number of nitrogens with one attached hydrogen (secondary N) is 4. The van der Waals surface area contributed by atoms with Crippen LogP contribution in [0.5, 0.6) is 0 Å². The van der Waals surface area contributed by atoms with E-state index in [4.69, 9.17) is 0 Å². The number of hydrogen-bond acceptors (Lipinski definition) is 4. The lowest BCUT2D eigenvalue weighted by Gasteiger charge is -2.25. The van der Waals surface area contributed by atoms with Crippen molar-refractivity contribution in [3.05, 3.63) is 34.2 Å². The summed E-state index contributed by atoms with van der Waals surface area (Å²) in [5, 5.41) is 18.3. The molecule has 4 N–H and O–H groups in total. The van der Waals surface area contributed by atoms with E-state index in [0.29, 0.717) is 40.7 Å². The zero-order valence-electron chi connectivity index (χ0n) is 17.9. The number of carbonyl (C=O) groups is 3. The number of amides is 3. The first-order valence-electron chi connectivity index (χ1n) is 11.1. The van der Waals surface area contributed by atoms with Crippen molar-refractivity contribution in [3.8, 4) is 6.07 Å². The van der Waals surface area contributed by atoms with Gasteiger partial charge in [-0.05, 0) is 65.7 Å². The fraction of sp³-hybridized carbons (Fsp3) is 0.478. The van der Waals surface area contributed by atoms with Crippen molar-refractivity contribution in [3.63, 3.8) is 0 Å². The van der Waals surface area contributed by atoms with Crippen molar-refractivity contribution in [1.29, 1.82) is 5.26 Å². The topological polar surface area (TPSA) is 127 Å². The van der Waals surface area contributed by atoms with Gasteiger partial charge in [0.1, 0.15) is 23.6 Å². The lowest BCUT2D eigenvalue weighted by Crippen LogP contribution is -2.50. The zero-order chi connectivity index (χ0) is 23.5. The van der Waals surface area contributed by atoms with Crippen LogP contribution in [0.3, 0.4) is 0 Å². The molecule has 0 spiro atoms. The molecule has 1 aliphatic carbocycles. The SMILES string of the molecule is N#C[C@H](CC1CCCNC1=O)NC(=O)C(CC1CC1)NC(=O)c1cc2cc(F)cc(Br)c2[nH]1. The summed E-state index contributed by atoms with van der Waals surface area (Å²) in [6, 6.07) is 4.59. The van der Waals surface area contributed by atoms with Gasteiger partial charge in [-0.1, -0.05) is 12.8 Å². The van der Waals surface area contributed by atoms with E-state index in [1.807, 2.05) is 0 Å². The molecule has 2 heterocycles. The molecule has 0 bridgehead atoms. The van der Waals surface area contributed by atoms with Crippen LogP contribution in [0.15, 0.2) is 22.7 Å². The number of fused-ring (bicyclic) bond motifs is 1. The first-order valence-corrected chi connectivity index (χ1v) is 11.9. The minimum atomic E-state index is -0.822. The summed E-state index contributed by atoms with van der Waals surface area (Å²) in [6.07, 6.45) is 4.20. The van der Waals surface area contributed by atoms with E-state index >= 15 is 0 Å². The van der Waals surface area contributed by atoms with Crippen LogP contribution < -0.4 is 16.0 Å². The quantitative estimate of drug-likeness (QED) is 0.429. The van der Waals surface area contributed by atoms with Crippen molar-refractivity contribution >= 4 is 44.6 Å². The Morgan fingerprint density at radius 1 is 1.21 bits per heavy atom. The Morgan fingerprint density at radius 3 is 2.70 bits per heavy atom. The summed E-state index contributed by atoms with van der Waals surface area (Å²) in [5.41, 5.74) is 0.792. The average Bonchev–Trinajstić information content (AvgIpc) is 3.49. The van der Waals surface area contributed by atoms with E-state index in [0.717, 1.165) is 19.3 Å². The molecule has 2 aliphatic rings. The van der Waals surface area contributed by atoms with Gasteiger partial charge in [-0.15, -0.1) is 0 Å². The van der Waals surface area contributed by atoms with Gasteiger partial charge < -0.3 is 20.9 Å². The highest BCUT2D eigenvalue weighted by Gasteiger charge is 2.33. The highest BCUT2D eigenvalue weighted by molar-refractivity contribution is 9.10. The summed E-state index contributed by atoms with van der Waals surface area (Å²) in [5.74, 6) is -1.43. The number of hydrogen-bond donors (Lipinski definition) is 4. The minimum absolute atomic E-state index is 0.0972. The molecule has 1 saturated carbocycles. The minimum Gasteiger partial charge on any atom is -0.356 e. The fourth-order valence-electron chi connectivity index (χ4n) is 4.20. The molecule has 4 rings (SSSR count). The zero-order valence-corrected chi connectivity index (χ0v) is 19.5. The van der Waals surface area contributed by atoms with Gasteiger partial charge in [0.05, 0.1) is 11.6 Å². The maximum Gasteiger partial charge on any atom is 0.268 e. The molecule has 10 heteroatoms. The van der Waals surface area contributed by atoms with E-state index in [1.165, 1.54) is 18.2 Å². The van der Waals surface area contributed by atoms with Crippen molar-refractivity contribution in [2.75, 3.05) is 6.54 Å². The third-order valence-electron chi connectivity index (χ3n) is 6.17. The Labute approximate surface area is 198 Å². The number of H-pyrrole nitrogens is 1. The van der Waals surface area contributed by atoms with Crippen LogP contribution in [-0.4, -0.2) is 41.3 Å². The molecule has 174 valence electrons. The Bertz CT molecular complexity index is 1120. The highest BCUT2D eigenvalue weighted by atomic mass is 79.9. The third kappa shape index (κ3) is 5.71. The number of nitrogens with zero attached hydrogens (tertiary/aromatic N) is 1. The Kier molecular flexibility index (Phi) is 6.98. The normalized spacial score (nSPS) is 19.9. The van der Waals surface area contributed by atoms with Crippen LogP contribution >= 0.6 is 15.9 Å². The summed E-state index contributed by atoms with van der Waals surface area (Å²) in [6.45, 7) is 0.630. The summed E-state index contributed by atoms with van der Waals surface area (Å²) in [4.78, 5) is 40.9.